The Kier molecular flexibility index (Phi) is 5.21. The fraction of sp³-hybridized carbons (Fsp3) is 0.333. The van der Waals surface area contributed by atoms with Gasteiger partial charge in [0.25, 0.3) is 5.91 Å². The molecule has 0 unspecified atom stereocenters. The van der Waals surface area contributed by atoms with Crippen molar-refractivity contribution >= 4 is 37.8 Å². The Morgan fingerprint density at radius 1 is 1.40 bits per heavy atom. The molecule has 0 saturated heterocycles. The van der Waals surface area contributed by atoms with Gasteiger partial charge in [-0.25, -0.2) is 5.48 Å². The molecule has 0 atom stereocenters. The molecular weight excluding hydrogens is 328 g/mol. The van der Waals surface area contributed by atoms with Gasteiger partial charge in [0.1, 0.15) is 0 Å². The van der Waals surface area contributed by atoms with Crippen molar-refractivity contribution in [1.82, 2.24) is 10.5 Å². The number of hydrogen-bond donors (Lipinski definition) is 1. The zero-order chi connectivity index (χ0) is 11.3. The molecule has 1 amide bonds. The molecule has 1 rings (SSSR count). The van der Waals surface area contributed by atoms with Crippen molar-refractivity contribution in [1.29, 1.82) is 0 Å². The monoisotopic (exact) mass is 336 g/mol. The number of hydrogen-bond acceptors (Lipinski definition) is 3. The van der Waals surface area contributed by atoms with Crippen LogP contribution in [0.2, 0.25) is 0 Å². The summed E-state index contributed by atoms with van der Waals surface area (Å²) in [5.41, 5.74) is 4.43. The molecule has 0 saturated carbocycles. The van der Waals surface area contributed by atoms with Crippen LogP contribution in [0.5, 0.6) is 0 Å². The van der Waals surface area contributed by atoms with E-state index in [0.29, 0.717) is 16.2 Å². The van der Waals surface area contributed by atoms with E-state index < -0.39 is 0 Å². The Morgan fingerprint density at radius 2 is 1.93 bits per heavy atom. The summed E-state index contributed by atoms with van der Waals surface area (Å²) in [5, 5.41) is 1.22. The average molecular weight is 338 g/mol. The Hall–Kier alpha value is -0.460. The molecule has 1 aromatic heterocycles. The van der Waals surface area contributed by atoms with Crippen LogP contribution in [-0.4, -0.2) is 18.0 Å². The van der Waals surface area contributed by atoms with E-state index in [1.54, 1.807) is 12.1 Å². The minimum Gasteiger partial charge on any atom is -0.277 e. The molecule has 0 radical (unpaired) electrons. The van der Waals surface area contributed by atoms with Gasteiger partial charge in [-0.3, -0.25) is 14.6 Å². The summed E-state index contributed by atoms with van der Waals surface area (Å²) in [4.78, 5) is 20.3. The van der Waals surface area contributed by atoms with Crippen LogP contribution in [0.1, 0.15) is 21.7 Å². The van der Waals surface area contributed by atoms with E-state index in [0.717, 1.165) is 11.4 Å². The second-order valence-electron chi connectivity index (χ2n) is 2.74. The number of carbonyl (C=O) groups excluding carboxylic acids is 1. The molecule has 6 heteroatoms. The van der Waals surface area contributed by atoms with E-state index in [-0.39, 0.29) is 5.91 Å². The molecule has 1 N–H and O–H groups in total. The Bertz CT molecular complexity index is 336. The van der Waals surface area contributed by atoms with E-state index in [4.69, 9.17) is 0 Å². The summed E-state index contributed by atoms with van der Waals surface area (Å²) in [5.74, 6) is -0.274. The summed E-state index contributed by atoms with van der Waals surface area (Å²) in [6, 6.07) is 3.44. The summed E-state index contributed by atoms with van der Waals surface area (Å²) in [7, 11) is 1.40. The molecule has 1 heterocycles. The molecule has 0 aliphatic rings. The molecular formula is C9H10Br2N2O2. The van der Waals surface area contributed by atoms with Gasteiger partial charge in [0.2, 0.25) is 0 Å². The number of alkyl halides is 2. The Labute approximate surface area is 105 Å². The van der Waals surface area contributed by atoms with Gasteiger partial charge >= 0.3 is 0 Å². The fourth-order valence-electron chi connectivity index (χ4n) is 1.07. The maximum absolute atomic E-state index is 11.5. The van der Waals surface area contributed by atoms with Gasteiger partial charge in [-0.2, -0.15) is 0 Å². The lowest BCUT2D eigenvalue weighted by molar-refractivity contribution is 0.0537. The number of pyridine rings is 1. The van der Waals surface area contributed by atoms with Crippen LogP contribution < -0.4 is 5.48 Å². The minimum absolute atomic E-state index is 0.274. The molecule has 4 nitrogen and oxygen atoms in total. The summed E-state index contributed by atoms with van der Waals surface area (Å²) in [6.07, 6.45) is 0. The lowest BCUT2D eigenvalue weighted by atomic mass is 10.2. The van der Waals surface area contributed by atoms with Gasteiger partial charge in [0.15, 0.2) is 0 Å². The third-order valence-corrected chi connectivity index (χ3v) is 2.81. The number of halogens is 2. The highest BCUT2D eigenvalue weighted by Gasteiger charge is 2.08. The SMILES string of the molecule is CONC(=O)c1cc(CBr)nc(CBr)c1. The summed E-state index contributed by atoms with van der Waals surface area (Å²) in [6.45, 7) is 0. The molecule has 0 bridgehead atoms. The van der Waals surface area contributed by atoms with Gasteiger partial charge in [-0.15, -0.1) is 0 Å². The predicted octanol–water partition coefficient (Wildman–Crippen LogP) is 2.16. The number of nitrogens with one attached hydrogen (secondary N) is 1. The number of amides is 1. The zero-order valence-electron chi connectivity index (χ0n) is 8.09. The molecule has 0 fully saturated rings. The quantitative estimate of drug-likeness (QED) is 0.676. The minimum atomic E-state index is -0.274. The number of aromatic nitrogens is 1. The van der Waals surface area contributed by atoms with Crippen molar-refractivity contribution < 1.29 is 9.63 Å². The number of hydroxylamine groups is 1. The molecule has 0 aromatic carbocycles. The summed E-state index contributed by atoms with van der Waals surface area (Å²) < 4.78 is 0. The van der Waals surface area contributed by atoms with Gasteiger partial charge in [0, 0.05) is 16.2 Å². The first-order valence-corrected chi connectivity index (χ1v) is 6.40. The fourth-order valence-corrected chi connectivity index (χ4v) is 1.64. The second kappa shape index (κ2) is 6.19. The summed E-state index contributed by atoms with van der Waals surface area (Å²) >= 11 is 6.60. The van der Waals surface area contributed by atoms with E-state index in [2.05, 4.69) is 47.2 Å². The van der Waals surface area contributed by atoms with Crippen LogP contribution >= 0.6 is 31.9 Å². The van der Waals surface area contributed by atoms with Crippen LogP contribution in [0.25, 0.3) is 0 Å². The van der Waals surface area contributed by atoms with Crippen LogP contribution in [-0.2, 0) is 15.5 Å². The second-order valence-corrected chi connectivity index (χ2v) is 3.86. The third-order valence-electron chi connectivity index (χ3n) is 1.66. The maximum Gasteiger partial charge on any atom is 0.274 e. The average Bonchev–Trinajstić information content (AvgIpc) is 2.28. The van der Waals surface area contributed by atoms with Crippen LogP contribution in [0.4, 0.5) is 0 Å². The van der Waals surface area contributed by atoms with Crippen molar-refractivity contribution in [2.75, 3.05) is 7.11 Å². The van der Waals surface area contributed by atoms with Gasteiger partial charge in [-0.05, 0) is 12.1 Å². The van der Waals surface area contributed by atoms with Gasteiger partial charge in [-0.1, -0.05) is 31.9 Å². The highest BCUT2D eigenvalue weighted by Crippen LogP contribution is 2.11. The van der Waals surface area contributed by atoms with Crippen molar-refractivity contribution in [3.63, 3.8) is 0 Å². The maximum atomic E-state index is 11.5. The molecule has 0 aliphatic carbocycles. The normalized spacial score (nSPS) is 10.1. The topological polar surface area (TPSA) is 51.2 Å². The van der Waals surface area contributed by atoms with Crippen molar-refractivity contribution in [3.8, 4) is 0 Å². The van der Waals surface area contributed by atoms with E-state index in [9.17, 15) is 4.79 Å². The Morgan fingerprint density at radius 3 is 2.33 bits per heavy atom. The number of carbonyl (C=O) groups is 1. The zero-order valence-corrected chi connectivity index (χ0v) is 11.3. The van der Waals surface area contributed by atoms with E-state index in [1.165, 1.54) is 7.11 Å². The smallest absolute Gasteiger partial charge is 0.274 e. The highest BCUT2D eigenvalue weighted by atomic mass is 79.9. The molecule has 15 heavy (non-hydrogen) atoms. The largest absolute Gasteiger partial charge is 0.277 e. The van der Waals surface area contributed by atoms with Crippen molar-refractivity contribution in [2.24, 2.45) is 0 Å². The molecule has 82 valence electrons. The Balaban J connectivity index is 3.01. The van der Waals surface area contributed by atoms with Crippen molar-refractivity contribution in [2.45, 2.75) is 10.7 Å². The van der Waals surface area contributed by atoms with Crippen molar-refractivity contribution in [3.05, 3.63) is 29.1 Å². The molecule has 0 spiro atoms. The van der Waals surface area contributed by atoms with Gasteiger partial charge in [0.05, 0.1) is 18.5 Å². The third kappa shape index (κ3) is 3.55. The van der Waals surface area contributed by atoms with Crippen LogP contribution in [0, 0.1) is 0 Å². The van der Waals surface area contributed by atoms with Crippen LogP contribution in [0.15, 0.2) is 12.1 Å². The molecule has 1 aromatic rings. The predicted molar refractivity (Wildman–Crippen MR) is 64.0 cm³/mol. The van der Waals surface area contributed by atoms with Crippen LogP contribution in [0.3, 0.4) is 0 Å². The molecule has 0 aliphatic heterocycles. The number of rotatable bonds is 4. The standard InChI is InChI=1S/C9H10Br2N2O2/c1-15-13-9(14)6-2-7(4-10)12-8(3-6)5-11/h2-3H,4-5H2,1H3,(H,13,14). The first-order valence-electron chi connectivity index (χ1n) is 4.16. The lowest BCUT2D eigenvalue weighted by Crippen LogP contribution is -2.22. The first-order chi connectivity index (χ1) is 7.21. The van der Waals surface area contributed by atoms with Gasteiger partial charge < -0.3 is 0 Å². The highest BCUT2D eigenvalue weighted by molar-refractivity contribution is 9.08. The van der Waals surface area contributed by atoms with E-state index >= 15 is 0 Å². The number of nitrogens with zero attached hydrogens (tertiary/aromatic N) is 1. The van der Waals surface area contributed by atoms with E-state index in [1.807, 2.05) is 0 Å². The first kappa shape index (κ1) is 12.6. The lowest BCUT2D eigenvalue weighted by Gasteiger charge is -2.05.